The predicted octanol–water partition coefficient (Wildman–Crippen LogP) is 3.61. The molecule has 1 aliphatic rings. The Morgan fingerprint density at radius 3 is 2.76 bits per heavy atom. The highest BCUT2D eigenvalue weighted by molar-refractivity contribution is 5.90. The van der Waals surface area contributed by atoms with Crippen LogP contribution in [-0.2, 0) is 6.42 Å². The summed E-state index contributed by atoms with van der Waals surface area (Å²) < 4.78 is 20.2. The molecule has 0 aliphatic carbocycles. The molecule has 1 aliphatic heterocycles. The van der Waals surface area contributed by atoms with Gasteiger partial charge in [-0.3, -0.25) is 9.69 Å². The Morgan fingerprint density at radius 1 is 1.16 bits per heavy atom. The molecular formula is C27H26FN7O2. The lowest BCUT2D eigenvalue weighted by molar-refractivity contribution is 0.0994. The number of aryl methyl sites for hydroxylation is 1. The van der Waals surface area contributed by atoms with E-state index in [1.807, 2.05) is 24.4 Å². The summed E-state index contributed by atoms with van der Waals surface area (Å²) in [6.45, 7) is 4.34. The number of halogens is 1. The highest BCUT2D eigenvalue weighted by atomic mass is 19.1. The molecule has 9 nitrogen and oxygen atoms in total. The van der Waals surface area contributed by atoms with Crippen molar-refractivity contribution in [1.29, 1.82) is 5.26 Å². The number of nitrogens with zero attached hydrogens (tertiary/aromatic N) is 5. The molecule has 4 aromatic rings. The Bertz CT molecular complexity index is 1470. The predicted molar refractivity (Wildman–Crippen MR) is 137 cm³/mol. The molecule has 10 heteroatoms. The Balaban J connectivity index is 1.13. The number of nitrogens with one attached hydrogen (secondary N) is 1. The molecule has 0 unspecified atom stereocenters. The largest absolute Gasteiger partial charge is 0.421 e. The van der Waals surface area contributed by atoms with E-state index in [-0.39, 0.29) is 17.5 Å². The van der Waals surface area contributed by atoms with Gasteiger partial charge in [-0.25, -0.2) is 9.37 Å². The second-order valence-corrected chi connectivity index (χ2v) is 8.92. The van der Waals surface area contributed by atoms with Gasteiger partial charge in [0.05, 0.1) is 11.6 Å². The maximum Gasteiger partial charge on any atom is 0.322 e. The summed E-state index contributed by atoms with van der Waals surface area (Å²) in [5.41, 5.74) is 8.95. The Kier molecular flexibility index (Phi) is 6.96. The molecule has 37 heavy (non-hydrogen) atoms. The number of nitriles is 1. The van der Waals surface area contributed by atoms with Crippen molar-refractivity contribution < 1.29 is 13.9 Å². The number of H-pyrrole nitrogens is 1. The third kappa shape index (κ3) is 5.52. The quantitative estimate of drug-likeness (QED) is 0.379. The molecule has 0 bridgehead atoms. The van der Waals surface area contributed by atoms with Crippen molar-refractivity contribution in [3.8, 4) is 17.8 Å². The first-order valence-corrected chi connectivity index (χ1v) is 12.1. The zero-order valence-corrected chi connectivity index (χ0v) is 20.2. The van der Waals surface area contributed by atoms with E-state index >= 15 is 0 Å². The first kappa shape index (κ1) is 24.2. The minimum absolute atomic E-state index is 0.00511. The molecule has 5 rings (SSSR count). The van der Waals surface area contributed by atoms with Crippen LogP contribution >= 0.6 is 0 Å². The van der Waals surface area contributed by atoms with Crippen molar-refractivity contribution >= 4 is 22.5 Å². The topological polar surface area (TPSA) is 124 Å². The lowest BCUT2D eigenvalue weighted by Gasteiger charge is -2.36. The molecule has 0 spiro atoms. The third-order valence-corrected chi connectivity index (χ3v) is 6.56. The molecule has 188 valence electrons. The molecule has 1 amide bonds. The first-order chi connectivity index (χ1) is 18.0. The van der Waals surface area contributed by atoms with Gasteiger partial charge in [-0.1, -0.05) is 0 Å². The van der Waals surface area contributed by atoms with E-state index in [0.29, 0.717) is 5.56 Å². The summed E-state index contributed by atoms with van der Waals surface area (Å²) in [7, 11) is 0. The number of aromatic nitrogens is 3. The Labute approximate surface area is 213 Å². The number of hydrogen-bond donors (Lipinski definition) is 2. The normalized spacial score (nSPS) is 14.0. The van der Waals surface area contributed by atoms with Crippen LogP contribution in [0, 0.1) is 17.1 Å². The number of piperazine rings is 1. The fourth-order valence-electron chi connectivity index (χ4n) is 4.57. The van der Waals surface area contributed by atoms with Gasteiger partial charge in [0.2, 0.25) is 0 Å². The lowest BCUT2D eigenvalue weighted by Crippen LogP contribution is -2.46. The van der Waals surface area contributed by atoms with Gasteiger partial charge in [0, 0.05) is 61.2 Å². The van der Waals surface area contributed by atoms with Crippen LogP contribution in [0.15, 0.2) is 54.9 Å². The summed E-state index contributed by atoms with van der Waals surface area (Å²) >= 11 is 0. The summed E-state index contributed by atoms with van der Waals surface area (Å²) in [5.74, 6) is -1.27. The number of carbonyl (C=O) groups excluding carboxylic acids is 1. The minimum atomic E-state index is -0.714. The number of anilines is 1. The number of nitrogens with two attached hydrogens (primary N) is 1. The van der Waals surface area contributed by atoms with Crippen LogP contribution in [0.1, 0.15) is 28.0 Å². The highest BCUT2D eigenvalue weighted by Crippen LogP contribution is 2.27. The number of aromatic amines is 1. The number of benzene rings is 2. The van der Waals surface area contributed by atoms with E-state index in [2.05, 4.69) is 30.8 Å². The van der Waals surface area contributed by atoms with Crippen molar-refractivity contribution in [1.82, 2.24) is 19.9 Å². The van der Waals surface area contributed by atoms with Crippen molar-refractivity contribution in [2.45, 2.75) is 12.8 Å². The van der Waals surface area contributed by atoms with Gasteiger partial charge in [0.25, 0.3) is 5.91 Å². The maximum atomic E-state index is 14.8. The van der Waals surface area contributed by atoms with Crippen molar-refractivity contribution in [3.63, 3.8) is 0 Å². The summed E-state index contributed by atoms with van der Waals surface area (Å²) in [5, 5.41) is 10.3. The monoisotopic (exact) mass is 499 g/mol. The molecule has 1 saturated heterocycles. The van der Waals surface area contributed by atoms with E-state index in [1.54, 1.807) is 6.07 Å². The number of primary amides is 1. The fraction of sp³-hybridized carbons (Fsp3) is 0.259. The molecule has 3 heterocycles. The van der Waals surface area contributed by atoms with Crippen LogP contribution in [0.3, 0.4) is 0 Å². The van der Waals surface area contributed by atoms with Crippen molar-refractivity contribution in [2.24, 2.45) is 5.73 Å². The zero-order chi connectivity index (χ0) is 25.8. The number of rotatable bonds is 8. The van der Waals surface area contributed by atoms with Crippen LogP contribution in [0.5, 0.6) is 11.8 Å². The first-order valence-electron chi connectivity index (χ1n) is 12.1. The standard InChI is InChI=1S/C27H26FN7O2/c28-22-15-20(4-6-25(22)37-27-31-8-7-24(33-27)26(30)36)35-12-10-34(11-13-35)9-1-2-19-17-32-23-5-3-18(16-29)14-21(19)23/h3-8,14-15,17,32H,1-2,9-13H2,(H2,30,36). The van der Waals surface area contributed by atoms with Gasteiger partial charge >= 0.3 is 6.01 Å². The van der Waals surface area contributed by atoms with E-state index in [4.69, 9.17) is 10.5 Å². The second kappa shape index (κ2) is 10.6. The second-order valence-electron chi connectivity index (χ2n) is 8.92. The Morgan fingerprint density at radius 2 is 2.00 bits per heavy atom. The van der Waals surface area contributed by atoms with Gasteiger partial charge in [0.15, 0.2) is 11.6 Å². The summed E-state index contributed by atoms with van der Waals surface area (Å²) in [6, 6.07) is 13.9. The number of ether oxygens (including phenoxy) is 1. The van der Waals surface area contributed by atoms with Crippen LogP contribution in [-0.4, -0.2) is 58.5 Å². The van der Waals surface area contributed by atoms with Crippen LogP contribution in [0.25, 0.3) is 10.9 Å². The van der Waals surface area contributed by atoms with Crippen molar-refractivity contribution in [3.05, 3.63) is 77.5 Å². The molecule has 2 aromatic carbocycles. The van der Waals surface area contributed by atoms with Gasteiger partial charge in [-0.2, -0.15) is 10.2 Å². The van der Waals surface area contributed by atoms with Crippen LogP contribution in [0.4, 0.5) is 10.1 Å². The zero-order valence-electron chi connectivity index (χ0n) is 20.2. The maximum absolute atomic E-state index is 14.8. The summed E-state index contributed by atoms with van der Waals surface area (Å²) in [4.78, 5) is 26.9. The van der Waals surface area contributed by atoms with Gasteiger partial charge in [0.1, 0.15) is 5.69 Å². The van der Waals surface area contributed by atoms with Crippen molar-refractivity contribution in [2.75, 3.05) is 37.6 Å². The molecule has 1 fully saturated rings. The summed E-state index contributed by atoms with van der Waals surface area (Å²) in [6.07, 6.45) is 5.32. The Hall–Kier alpha value is -4.49. The van der Waals surface area contributed by atoms with Gasteiger partial charge in [-0.05, 0) is 61.3 Å². The highest BCUT2D eigenvalue weighted by Gasteiger charge is 2.19. The van der Waals surface area contributed by atoms with Gasteiger partial charge in [-0.15, -0.1) is 0 Å². The number of fused-ring (bicyclic) bond motifs is 1. The van der Waals surface area contributed by atoms with E-state index in [0.717, 1.165) is 62.2 Å². The average molecular weight is 500 g/mol. The fourth-order valence-corrected chi connectivity index (χ4v) is 4.57. The molecule has 0 radical (unpaired) electrons. The molecular weight excluding hydrogens is 473 g/mol. The van der Waals surface area contributed by atoms with Gasteiger partial charge < -0.3 is 20.4 Å². The SMILES string of the molecule is N#Cc1ccc2[nH]cc(CCCN3CCN(c4ccc(Oc5nccc(C(N)=O)n5)c(F)c4)CC3)c2c1. The lowest BCUT2D eigenvalue weighted by atomic mass is 10.1. The van der Waals surface area contributed by atoms with E-state index in [1.165, 1.54) is 30.0 Å². The van der Waals surface area contributed by atoms with E-state index in [9.17, 15) is 14.4 Å². The van der Waals surface area contributed by atoms with Crippen LogP contribution < -0.4 is 15.4 Å². The molecule has 3 N–H and O–H groups in total. The molecule has 2 aromatic heterocycles. The smallest absolute Gasteiger partial charge is 0.322 e. The minimum Gasteiger partial charge on any atom is -0.421 e. The third-order valence-electron chi connectivity index (χ3n) is 6.56. The average Bonchev–Trinajstić information content (AvgIpc) is 3.32. The van der Waals surface area contributed by atoms with Crippen LogP contribution in [0.2, 0.25) is 0 Å². The number of amides is 1. The number of hydrogen-bond acceptors (Lipinski definition) is 7. The van der Waals surface area contributed by atoms with E-state index < -0.39 is 11.7 Å². The molecule has 0 atom stereocenters. The number of carbonyl (C=O) groups is 1. The molecule has 0 saturated carbocycles.